The van der Waals surface area contributed by atoms with Crippen molar-refractivity contribution in [3.63, 3.8) is 0 Å². The SMILES string of the molecule is Cc1c(Cl)ncnc1NCCc1ccn(C)n1. The van der Waals surface area contributed by atoms with Gasteiger partial charge >= 0.3 is 0 Å². The third kappa shape index (κ3) is 2.94. The first kappa shape index (κ1) is 11.9. The summed E-state index contributed by atoms with van der Waals surface area (Å²) < 4.78 is 1.79. The van der Waals surface area contributed by atoms with Gasteiger partial charge in [-0.1, -0.05) is 11.6 Å². The second-order valence-electron chi connectivity index (χ2n) is 3.80. The van der Waals surface area contributed by atoms with Crippen molar-refractivity contribution in [2.24, 2.45) is 7.05 Å². The van der Waals surface area contributed by atoms with Crippen molar-refractivity contribution in [3.05, 3.63) is 35.0 Å². The lowest BCUT2D eigenvalue weighted by atomic mass is 10.3. The topological polar surface area (TPSA) is 55.6 Å². The minimum absolute atomic E-state index is 0.486. The second-order valence-corrected chi connectivity index (χ2v) is 4.15. The molecule has 2 aromatic heterocycles. The predicted octanol–water partition coefficient (Wildman–Crippen LogP) is 1.83. The van der Waals surface area contributed by atoms with Gasteiger partial charge in [0.15, 0.2) is 0 Å². The maximum Gasteiger partial charge on any atom is 0.137 e. The van der Waals surface area contributed by atoms with E-state index in [2.05, 4.69) is 20.4 Å². The summed E-state index contributed by atoms with van der Waals surface area (Å²) in [5.74, 6) is 0.779. The minimum atomic E-state index is 0.486. The van der Waals surface area contributed by atoms with E-state index in [-0.39, 0.29) is 0 Å². The molecule has 0 unspecified atom stereocenters. The standard InChI is InChI=1S/C11H14ClN5/c1-8-10(12)14-7-15-11(8)13-5-3-9-4-6-17(2)16-9/h4,6-7H,3,5H2,1-2H3,(H,13,14,15). The maximum atomic E-state index is 5.91. The number of hydrogen-bond donors (Lipinski definition) is 1. The quantitative estimate of drug-likeness (QED) is 0.843. The van der Waals surface area contributed by atoms with Crippen LogP contribution in [0.25, 0.3) is 0 Å². The number of nitrogens with zero attached hydrogens (tertiary/aromatic N) is 4. The van der Waals surface area contributed by atoms with Crippen molar-refractivity contribution in [3.8, 4) is 0 Å². The van der Waals surface area contributed by atoms with Gasteiger partial charge in [0.2, 0.25) is 0 Å². The zero-order valence-electron chi connectivity index (χ0n) is 9.81. The third-order valence-corrected chi connectivity index (χ3v) is 2.85. The minimum Gasteiger partial charge on any atom is -0.369 e. The number of hydrogen-bond acceptors (Lipinski definition) is 4. The van der Waals surface area contributed by atoms with Gasteiger partial charge < -0.3 is 5.32 Å². The Balaban J connectivity index is 1.92. The molecule has 0 bridgehead atoms. The normalized spacial score (nSPS) is 10.5. The van der Waals surface area contributed by atoms with Crippen LogP contribution in [-0.2, 0) is 13.5 Å². The molecule has 0 aliphatic heterocycles. The molecular formula is C11H14ClN5. The molecule has 17 heavy (non-hydrogen) atoms. The maximum absolute atomic E-state index is 5.91. The van der Waals surface area contributed by atoms with E-state index in [1.807, 2.05) is 26.2 Å². The van der Waals surface area contributed by atoms with Gasteiger partial charge in [0.25, 0.3) is 0 Å². The Morgan fingerprint density at radius 2 is 2.24 bits per heavy atom. The fraction of sp³-hybridized carbons (Fsp3) is 0.364. The van der Waals surface area contributed by atoms with Gasteiger partial charge in [0.05, 0.1) is 5.69 Å². The molecule has 0 spiro atoms. The van der Waals surface area contributed by atoms with Crippen LogP contribution in [-0.4, -0.2) is 26.3 Å². The number of nitrogens with one attached hydrogen (secondary N) is 1. The molecule has 1 N–H and O–H groups in total. The predicted molar refractivity (Wildman–Crippen MR) is 67.2 cm³/mol. The van der Waals surface area contributed by atoms with E-state index in [0.717, 1.165) is 30.0 Å². The summed E-state index contributed by atoms with van der Waals surface area (Å²) in [4.78, 5) is 8.05. The molecule has 0 saturated carbocycles. The largest absolute Gasteiger partial charge is 0.369 e. The molecule has 0 radical (unpaired) electrons. The lowest BCUT2D eigenvalue weighted by Gasteiger charge is -2.07. The van der Waals surface area contributed by atoms with E-state index in [9.17, 15) is 0 Å². The molecule has 0 aromatic carbocycles. The Bertz CT molecular complexity index is 508. The first-order chi connectivity index (χ1) is 8.16. The van der Waals surface area contributed by atoms with Crippen molar-refractivity contribution in [2.45, 2.75) is 13.3 Å². The van der Waals surface area contributed by atoms with E-state index in [0.29, 0.717) is 5.15 Å². The molecule has 0 aliphatic rings. The van der Waals surface area contributed by atoms with Gasteiger partial charge in [-0.3, -0.25) is 4.68 Å². The Morgan fingerprint density at radius 3 is 2.94 bits per heavy atom. The summed E-state index contributed by atoms with van der Waals surface area (Å²) in [7, 11) is 1.91. The average Bonchev–Trinajstić information content (AvgIpc) is 2.70. The highest BCUT2D eigenvalue weighted by molar-refractivity contribution is 6.30. The Morgan fingerprint density at radius 1 is 1.41 bits per heavy atom. The summed E-state index contributed by atoms with van der Waals surface area (Å²) in [5.41, 5.74) is 1.92. The molecule has 2 aromatic rings. The van der Waals surface area contributed by atoms with Crippen LogP contribution >= 0.6 is 11.6 Å². The van der Waals surface area contributed by atoms with Crippen LogP contribution in [0, 0.1) is 6.92 Å². The van der Waals surface area contributed by atoms with Crippen molar-refractivity contribution < 1.29 is 0 Å². The molecule has 90 valence electrons. The highest BCUT2D eigenvalue weighted by atomic mass is 35.5. The van der Waals surface area contributed by atoms with Gasteiger partial charge in [-0.05, 0) is 13.0 Å². The van der Waals surface area contributed by atoms with Gasteiger partial charge in [0.1, 0.15) is 17.3 Å². The highest BCUT2D eigenvalue weighted by Gasteiger charge is 2.04. The van der Waals surface area contributed by atoms with Crippen molar-refractivity contribution >= 4 is 17.4 Å². The van der Waals surface area contributed by atoms with Crippen LogP contribution in [0.5, 0.6) is 0 Å². The molecule has 0 atom stereocenters. The zero-order chi connectivity index (χ0) is 12.3. The van der Waals surface area contributed by atoms with Crippen LogP contribution in [0.2, 0.25) is 5.15 Å². The molecule has 0 amide bonds. The Kier molecular flexibility index (Phi) is 3.58. The zero-order valence-corrected chi connectivity index (χ0v) is 10.6. The van der Waals surface area contributed by atoms with Gasteiger partial charge in [-0.15, -0.1) is 0 Å². The summed E-state index contributed by atoms with van der Waals surface area (Å²) in [6, 6.07) is 2.00. The first-order valence-corrected chi connectivity index (χ1v) is 5.74. The molecule has 0 fully saturated rings. The monoisotopic (exact) mass is 251 g/mol. The first-order valence-electron chi connectivity index (χ1n) is 5.36. The lowest BCUT2D eigenvalue weighted by molar-refractivity contribution is 0.741. The van der Waals surface area contributed by atoms with E-state index < -0.39 is 0 Å². The van der Waals surface area contributed by atoms with Crippen LogP contribution in [0.3, 0.4) is 0 Å². The smallest absolute Gasteiger partial charge is 0.137 e. The van der Waals surface area contributed by atoms with E-state index >= 15 is 0 Å². The molecule has 5 nitrogen and oxygen atoms in total. The second kappa shape index (κ2) is 5.14. The van der Waals surface area contributed by atoms with Crippen molar-refractivity contribution in [2.75, 3.05) is 11.9 Å². The van der Waals surface area contributed by atoms with Crippen LogP contribution < -0.4 is 5.32 Å². The number of aromatic nitrogens is 4. The molecule has 6 heteroatoms. The number of aryl methyl sites for hydroxylation is 1. The number of anilines is 1. The molecule has 2 rings (SSSR count). The number of rotatable bonds is 4. The fourth-order valence-corrected chi connectivity index (χ4v) is 1.65. The van der Waals surface area contributed by atoms with E-state index in [1.54, 1.807) is 4.68 Å². The number of halogens is 1. The average molecular weight is 252 g/mol. The van der Waals surface area contributed by atoms with Gasteiger partial charge in [0, 0.05) is 31.8 Å². The Labute approximate surface area is 105 Å². The molecular weight excluding hydrogens is 238 g/mol. The summed E-state index contributed by atoms with van der Waals surface area (Å²) in [6.07, 6.45) is 4.24. The highest BCUT2D eigenvalue weighted by Crippen LogP contribution is 2.17. The van der Waals surface area contributed by atoms with E-state index in [4.69, 9.17) is 11.6 Å². The van der Waals surface area contributed by atoms with E-state index in [1.165, 1.54) is 6.33 Å². The van der Waals surface area contributed by atoms with Crippen LogP contribution in [0.4, 0.5) is 5.82 Å². The third-order valence-electron chi connectivity index (χ3n) is 2.46. The van der Waals surface area contributed by atoms with Gasteiger partial charge in [-0.2, -0.15) is 5.10 Å². The lowest BCUT2D eigenvalue weighted by Crippen LogP contribution is -2.08. The fourth-order valence-electron chi connectivity index (χ4n) is 1.51. The summed E-state index contributed by atoms with van der Waals surface area (Å²) in [5, 5.41) is 8.01. The summed E-state index contributed by atoms with van der Waals surface area (Å²) >= 11 is 5.91. The van der Waals surface area contributed by atoms with Crippen molar-refractivity contribution in [1.82, 2.24) is 19.7 Å². The van der Waals surface area contributed by atoms with Gasteiger partial charge in [-0.25, -0.2) is 9.97 Å². The molecule has 2 heterocycles. The summed E-state index contributed by atoms with van der Waals surface area (Å²) in [6.45, 7) is 2.66. The Hall–Kier alpha value is -1.62. The molecule has 0 saturated heterocycles. The molecule has 0 aliphatic carbocycles. The van der Waals surface area contributed by atoms with Crippen molar-refractivity contribution in [1.29, 1.82) is 0 Å². The van der Waals surface area contributed by atoms with Crippen LogP contribution in [0.15, 0.2) is 18.6 Å². The van der Waals surface area contributed by atoms with Crippen LogP contribution in [0.1, 0.15) is 11.3 Å².